The van der Waals surface area contributed by atoms with Crippen LogP contribution in [0.15, 0.2) is 60.7 Å². The number of aliphatic hydroxyl groups is 2. The molecule has 0 aliphatic heterocycles. The van der Waals surface area contributed by atoms with Gasteiger partial charge in [0.1, 0.15) is 5.41 Å². The molecule has 6 nitrogen and oxygen atoms in total. The highest BCUT2D eigenvalue weighted by Gasteiger charge is 2.60. The van der Waals surface area contributed by atoms with Gasteiger partial charge in [-0.1, -0.05) is 60.7 Å². The Morgan fingerprint density at radius 3 is 1.48 bits per heavy atom. The number of amides is 2. The number of hydrogen-bond acceptors (Lipinski definition) is 4. The van der Waals surface area contributed by atoms with E-state index in [4.69, 9.17) is 5.73 Å². The van der Waals surface area contributed by atoms with E-state index >= 15 is 0 Å². The smallest absolute Gasteiger partial charge is 0.238 e. The van der Waals surface area contributed by atoms with Crippen molar-refractivity contribution < 1.29 is 19.8 Å². The Bertz CT molecular complexity index is 898. The molecule has 0 heterocycles. The number of nitrogens with two attached hydrogens (primary N) is 1. The van der Waals surface area contributed by atoms with Crippen molar-refractivity contribution in [1.29, 1.82) is 0 Å². The van der Waals surface area contributed by atoms with Crippen LogP contribution in [-0.4, -0.2) is 50.2 Å². The lowest BCUT2D eigenvalue weighted by molar-refractivity contribution is -0.160. The fourth-order valence-corrected chi connectivity index (χ4v) is 4.49. The Morgan fingerprint density at radius 1 is 0.848 bits per heavy atom. The quantitative estimate of drug-likeness (QED) is 0.482. The second-order valence-corrected chi connectivity index (χ2v) is 10.4. The Balaban J connectivity index is 2.13. The lowest BCUT2D eigenvalue weighted by Crippen LogP contribution is -2.64. The van der Waals surface area contributed by atoms with Gasteiger partial charge in [-0.05, 0) is 64.5 Å². The first-order valence-corrected chi connectivity index (χ1v) is 11.5. The van der Waals surface area contributed by atoms with Gasteiger partial charge in [0, 0.05) is 0 Å². The maximum atomic E-state index is 14.0. The van der Waals surface area contributed by atoms with E-state index in [9.17, 15) is 19.8 Å². The van der Waals surface area contributed by atoms with E-state index in [1.807, 2.05) is 60.7 Å². The molecule has 0 bridgehead atoms. The van der Waals surface area contributed by atoms with Crippen LogP contribution in [0.2, 0.25) is 0 Å². The van der Waals surface area contributed by atoms with Crippen molar-refractivity contribution in [3.8, 4) is 0 Å². The zero-order valence-corrected chi connectivity index (χ0v) is 20.0. The molecule has 6 heteroatoms. The maximum Gasteiger partial charge on any atom is 0.238 e. The van der Waals surface area contributed by atoms with Gasteiger partial charge in [-0.2, -0.15) is 0 Å². The molecule has 3 rings (SSSR count). The number of carbonyl (C=O) groups excluding carboxylic acids is 2. The molecule has 0 saturated heterocycles. The predicted molar refractivity (Wildman–Crippen MR) is 128 cm³/mol. The standard InChI is InChI=1S/C27H36N2O4/c1-25(2,32)21(17-19-11-7-5-8-12-19)29(24(31)27(15-16-27)23(28)30)22(26(3,4)33)18-20-13-9-6-10-14-20/h5-14,21-22,32-33H,15-18H2,1-4H3,(H2,28,30). The summed E-state index contributed by atoms with van der Waals surface area (Å²) in [5.74, 6) is -1.07. The van der Waals surface area contributed by atoms with E-state index in [-0.39, 0.29) is 0 Å². The molecule has 2 unspecified atom stereocenters. The monoisotopic (exact) mass is 452 g/mol. The largest absolute Gasteiger partial charge is 0.388 e. The molecule has 2 aromatic carbocycles. The summed E-state index contributed by atoms with van der Waals surface area (Å²) in [4.78, 5) is 27.9. The van der Waals surface area contributed by atoms with Crippen molar-refractivity contribution in [2.24, 2.45) is 11.1 Å². The molecule has 178 valence electrons. The van der Waals surface area contributed by atoms with Crippen LogP contribution in [-0.2, 0) is 22.4 Å². The summed E-state index contributed by atoms with van der Waals surface area (Å²) in [5.41, 5.74) is 3.68. The van der Waals surface area contributed by atoms with Crippen LogP contribution >= 0.6 is 0 Å². The van der Waals surface area contributed by atoms with Crippen LogP contribution in [0.5, 0.6) is 0 Å². The minimum Gasteiger partial charge on any atom is -0.388 e. The molecule has 2 amide bonds. The number of primary amides is 1. The van der Waals surface area contributed by atoms with Gasteiger partial charge in [-0.25, -0.2) is 0 Å². The van der Waals surface area contributed by atoms with E-state index in [0.29, 0.717) is 25.7 Å². The molecular weight excluding hydrogens is 416 g/mol. The fourth-order valence-electron chi connectivity index (χ4n) is 4.49. The second kappa shape index (κ2) is 9.27. The molecule has 2 aromatic rings. The highest BCUT2D eigenvalue weighted by atomic mass is 16.3. The van der Waals surface area contributed by atoms with E-state index in [1.54, 1.807) is 32.6 Å². The zero-order valence-electron chi connectivity index (χ0n) is 20.0. The Morgan fingerprint density at radius 2 is 1.21 bits per heavy atom. The molecule has 0 spiro atoms. The van der Waals surface area contributed by atoms with Gasteiger partial charge in [0.15, 0.2) is 0 Å². The van der Waals surface area contributed by atoms with Gasteiger partial charge in [-0.3, -0.25) is 9.59 Å². The summed E-state index contributed by atoms with van der Waals surface area (Å²) in [6.45, 7) is 6.65. The van der Waals surface area contributed by atoms with E-state index < -0.39 is 40.5 Å². The maximum absolute atomic E-state index is 14.0. The van der Waals surface area contributed by atoms with Gasteiger partial charge in [0.05, 0.1) is 23.3 Å². The number of rotatable bonds is 10. The Labute approximate surface area is 196 Å². The molecule has 33 heavy (non-hydrogen) atoms. The van der Waals surface area contributed by atoms with Gasteiger partial charge in [0.25, 0.3) is 0 Å². The summed E-state index contributed by atoms with van der Waals surface area (Å²) < 4.78 is 0. The molecule has 0 aromatic heterocycles. The first-order valence-electron chi connectivity index (χ1n) is 11.5. The third-order valence-corrected chi connectivity index (χ3v) is 6.71. The van der Waals surface area contributed by atoms with E-state index in [0.717, 1.165) is 11.1 Å². The predicted octanol–water partition coefficient (Wildman–Crippen LogP) is 2.84. The number of nitrogens with zero attached hydrogens (tertiary/aromatic N) is 1. The van der Waals surface area contributed by atoms with Crippen LogP contribution in [0, 0.1) is 5.41 Å². The first kappa shape index (κ1) is 24.9. The molecule has 2 atom stereocenters. The molecule has 1 aliphatic carbocycles. The summed E-state index contributed by atoms with van der Waals surface area (Å²) in [5, 5.41) is 22.5. The topological polar surface area (TPSA) is 104 Å². The highest BCUT2D eigenvalue weighted by molar-refractivity contribution is 6.07. The normalized spacial score (nSPS) is 17.2. The lowest BCUT2D eigenvalue weighted by Gasteiger charge is -2.48. The van der Waals surface area contributed by atoms with Crippen molar-refractivity contribution in [3.05, 3.63) is 71.8 Å². The Kier molecular flexibility index (Phi) is 7.01. The van der Waals surface area contributed by atoms with E-state index in [1.165, 1.54) is 0 Å². The van der Waals surface area contributed by atoms with Gasteiger partial charge in [0.2, 0.25) is 11.8 Å². The number of hydrogen-bond donors (Lipinski definition) is 3. The summed E-state index contributed by atoms with van der Waals surface area (Å²) in [6.07, 6.45) is 1.50. The van der Waals surface area contributed by atoms with Gasteiger partial charge in [-0.15, -0.1) is 0 Å². The fraction of sp³-hybridized carbons (Fsp3) is 0.481. The van der Waals surface area contributed by atoms with Crippen LogP contribution in [0.1, 0.15) is 51.7 Å². The van der Waals surface area contributed by atoms with Crippen LogP contribution in [0.25, 0.3) is 0 Å². The van der Waals surface area contributed by atoms with Crippen molar-refractivity contribution in [3.63, 3.8) is 0 Å². The zero-order chi connectivity index (χ0) is 24.4. The van der Waals surface area contributed by atoms with Crippen molar-refractivity contribution in [1.82, 2.24) is 4.90 Å². The third-order valence-electron chi connectivity index (χ3n) is 6.71. The highest BCUT2D eigenvalue weighted by Crippen LogP contribution is 2.49. The number of carbonyl (C=O) groups is 2. The summed E-state index contributed by atoms with van der Waals surface area (Å²) in [6, 6.07) is 17.8. The summed E-state index contributed by atoms with van der Waals surface area (Å²) >= 11 is 0. The van der Waals surface area contributed by atoms with Crippen molar-refractivity contribution in [2.75, 3.05) is 0 Å². The van der Waals surface area contributed by atoms with Crippen LogP contribution in [0.4, 0.5) is 0 Å². The van der Waals surface area contributed by atoms with Gasteiger partial charge < -0.3 is 20.8 Å². The van der Waals surface area contributed by atoms with Crippen LogP contribution < -0.4 is 5.73 Å². The van der Waals surface area contributed by atoms with Crippen LogP contribution in [0.3, 0.4) is 0 Å². The number of benzene rings is 2. The minimum atomic E-state index is -1.31. The molecule has 4 N–H and O–H groups in total. The average Bonchev–Trinajstić information content (AvgIpc) is 3.55. The van der Waals surface area contributed by atoms with Crippen molar-refractivity contribution >= 4 is 11.8 Å². The molecule has 1 aliphatic rings. The molecule has 1 fully saturated rings. The second-order valence-electron chi connectivity index (χ2n) is 10.4. The van der Waals surface area contributed by atoms with Crippen molar-refractivity contribution in [2.45, 2.75) is 76.7 Å². The average molecular weight is 453 g/mol. The summed E-state index contributed by atoms with van der Waals surface area (Å²) in [7, 11) is 0. The molecular formula is C27H36N2O4. The third kappa shape index (κ3) is 5.63. The first-order chi connectivity index (χ1) is 15.4. The van der Waals surface area contributed by atoms with E-state index in [2.05, 4.69) is 0 Å². The minimum absolute atomic E-state index is 0.367. The lowest BCUT2D eigenvalue weighted by atomic mass is 9.83. The molecule has 1 saturated carbocycles. The van der Waals surface area contributed by atoms with Gasteiger partial charge >= 0.3 is 0 Å². The SMILES string of the molecule is CC(C)(O)C(Cc1ccccc1)N(C(=O)C1(C(N)=O)CC1)C(Cc1ccccc1)C(C)(C)O. The Hall–Kier alpha value is -2.70. The molecule has 0 radical (unpaired) electrons.